The van der Waals surface area contributed by atoms with Crippen LogP contribution in [0.1, 0.15) is 36.4 Å². The van der Waals surface area contributed by atoms with Gasteiger partial charge in [-0.05, 0) is 30.0 Å². The molecule has 2 heterocycles. The molecule has 1 aliphatic heterocycles. The van der Waals surface area contributed by atoms with E-state index in [1.165, 1.54) is 0 Å². The van der Waals surface area contributed by atoms with Crippen LogP contribution in [0.4, 0.5) is 0 Å². The second-order valence-corrected chi connectivity index (χ2v) is 7.43. The number of nitrogens with zero attached hydrogens (tertiary/aromatic N) is 2. The zero-order valence-corrected chi connectivity index (χ0v) is 13.7. The summed E-state index contributed by atoms with van der Waals surface area (Å²) in [7, 11) is -3.52. The maximum absolute atomic E-state index is 12.7. The number of hydrogen-bond donors (Lipinski definition) is 1. The first kappa shape index (κ1) is 16.1. The van der Waals surface area contributed by atoms with Gasteiger partial charge in [-0.3, -0.25) is 4.98 Å². The summed E-state index contributed by atoms with van der Waals surface area (Å²) in [4.78, 5) is 4.13. The third-order valence-corrected chi connectivity index (χ3v) is 5.70. The minimum Gasteiger partial charge on any atom is -0.264 e. The molecule has 23 heavy (non-hydrogen) atoms. The fourth-order valence-corrected chi connectivity index (χ4v) is 4.40. The number of aromatic nitrogens is 1. The van der Waals surface area contributed by atoms with E-state index in [0.717, 1.165) is 30.4 Å². The Labute approximate surface area is 137 Å². The third-order valence-electron chi connectivity index (χ3n) is 4.13. The Morgan fingerprint density at radius 1 is 1.13 bits per heavy atom. The van der Waals surface area contributed by atoms with Gasteiger partial charge < -0.3 is 0 Å². The Hall–Kier alpha value is -1.76. The Morgan fingerprint density at radius 3 is 2.70 bits per heavy atom. The topological polar surface area (TPSA) is 62.3 Å². The first-order chi connectivity index (χ1) is 11.2. The minimum absolute atomic E-state index is 0.134. The summed E-state index contributed by atoms with van der Waals surface area (Å²) in [6.07, 6.45) is 6.22. The molecule has 0 radical (unpaired) electrons. The number of nitrogens with one attached hydrogen (secondary N) is 1. The average Bonchev–Trinajstić information content (AvgIpc) is 2.62. The number of benzene rings is 1. The van der Waals surface area contributed by atoms with Crippen LogP contribution in [0.3, 0.4) is 0 Å². The van der Waals surface area contributed by atoms with Crippen molar-refractivity contribution in [1.82, 2.24) is 14.0 Å². The fourth-order valence-electron chi connectivity index (χ4n) is 2.95. The van der Waals surface area contributed by atoms with Gasteiger partial charge in [-0.25, -0.2) is 0 Å². The molecule has 122 valence electrons. The summed E-state index contributed by atoms with van der Waals surface area (Å²) in [6, 6.07) is 13.2. The standard InChI is InChI=1S/C17H21N3O2S/c21-23(22,19-13-15-7-2-1-3-8-15)20-12-5-4-10-17(20)16-9-6-11-18-14-16/h1-3,6-9,11,14,17,19H,4-5,10,12-13H2/t17-/m0/s1. The summed E-state index contributed by atoms with van der Waals surface area (Å²) in [5, 5.41) is 0. The van der Waals surface area contributed by atoms with Crippen molar-refractivity contribution in [2.45, 2.75) is 31.8 Å². The minimum atomic E-state index is -3.52. The SMILES string of the molecule is O=S(=O)(NCc1ccccc1)N1CCCC[C@H]1c1cccnc1. The van der Waals surface area contributed by atoms with E-state index in [4.69, 9.17) is 0 Å². The molecule has 1 aromatic carbocycles. The lowest BCUT2D eigenvalue weighted by molar-refractivity contribution is 0.252. The first-order valence-electron chi connectivity index (χ1n) is 7.87. The van der Waals surface area contributed by atoms with Crippen molar-refractivity contribution < 1.29 is 8.42 Å². The zero-order chi connectivity index (χ0) is 16.1. The van der Waals surface area contributed by atoms with Crippen LogP contribution in [0, 0.1) is 0 Å². The van der Waals surface area contributed by atoms with E-state index in [2.05, 4.69) is 9.71 Å². The van der Waals surface area contributed by atoms with E-state index in [1.54, 1.807) is 16.7 Å². The van der Waals surface area contributed by atoms with Crippen LogP contribution in [-0.4, -0.2) is 24.3 Å². The normalized spacial score (nSPS) is 19.6. The molecule has 6 heteroatoms. The van der Waals surface area contributed by atoms with Gasteiger partial charge in [0.15, 0.2) is 0 Å². The summed E-state index contributed by atoms with van der Waals surface area (Å²) in [5.41, 5.74) is 1.91. The van der Waals surface area contributed by atoms with Gasteiger partial charge in [0.05, 0.1) is 6.04 Å². The summed E-state index contributed by atoms with van der Waals surface area (Å²) >= 11 is 0. The molecule has 1 aromatic heterocycles. The molecular formula is C17H21N3O2S. The van der Waals surface area contributed by atoms with Crippen LogP contribution >= 0.6 is 0 Å². The molecular weight excluding hydrogens is 310 g/mol. The molecule has 0 amide bonds. The fraction of sp³-hybridized carbons (Fsp3) is 0.353. The van der Waals surface area contributed by atoms with Crippen molar-refractivity contribution in [3.8, 4) is 0 Å². The second-order valence-electron chi connectivity index (χ2n) is 5.72. The number of pyridine rings is 1. The quantitative estimate of drug-likeness (QED) is 0.916. The van der Waals surface area contributed by atoms with Gasteiger partial charge in [-0.2, -0.15) is 17.4 Å². The van der Waals surface area contributed by atoms with Gasteiger partial charge in [0.25, 0.3) is 10.2 Å². The van der Waals surface area contributed by atoms with Gasteiger partial charge in [0.2, 0.25) is 0 Å². The largest absolute Gasteiger partial charge is 0.280 e. The molecule has 1 N–H and O–H groups in total. The highest BCUT2D eigenvalue weighted by Crippen LogP contribution is 2.32. The van der Waals surface area contributed by atoms with Gasteiger partial charge in [0.1, 0.15) is 0 Å². The summed E-state index contributed by atoms with van der Waals surface area (Å²) in [5.74, 6) is 0. The van der Waals surface area contributed by atoms with Gasteiger partial charge in [-0.15, -0.1) is 0 Å². The Bertz CT molecular complexity index is 720. The van der Waals surface area contributed by atoms with E-state index in [9.17, 15) is 8.42 Å². The van der Waals surface area contributed by atoms with Crippen molar-refractivity contribution in [2.75, 3.05) is 6.54 Å². The molecule has 0 bridgehead atoms. The van der Waals surface area contributed by atoms with Gasteiger partial charge in [0, 0.05) is 25.5 Å². The number of rotatable bonds is 5. The molecule has 5 nitrogen and oxygen atoms in total. The average molecular weight is 331 g/mol. The highest BCUT2D eigenvalue weighted by Gasteiger charge is 2.33. The maximum atomic E-state index is 12.7. The van der Waals surface area contributed by atoms with Crippen molar-refractivity contribution >= 4 is 10.2 Å². The van der Waals surface area contributed by atoms with Crippen LogP contribution in [0.5, 0.6) is 0 Å². The first-order valence-corrected chi connectivity index (χ1v) is 9.31. The van der Waals surface area contributed by atoms with Gasteiger partial charge in [-0.1, -0.05) is 42.8 Å². The molecule has 1 atom stereocenters. The molecule has 1 aliphatic rings. The maximum Gasteiger partial charge on any atom is 0.280 e. The molecule has 0 saturated carbocycles. The Balaban J connectivity index is 1.76. The van der Waals surface area contributed by atoms with E-state index in [0.29, 0.717) is 13.1 Å². The van der Waals surface area contributed by atoms with Crippen molar-refractivity contribution in [3.63, 3.8) is 0 Å². The number of piperidine rings is 1. The van der Waals surface area contributed by atoms with E-state index in [-0.39, 0.29) is 6.04 Å². The van der Waals surface area contributed by atoms with Crippen LogP contribution < -0.4 is 4.72 Å². The van der Waals surface area contributed by atoms with Crippen LogP contribution in [0.25, 0.3) is 0 Å². The van der Waals surface area contributed by atoms with E-state index >= 15 is 0 Å². The van der Waals surface area contributed by atoms with E-state index in [1.807, 2.05) is 42.5 Å². The number of hydrogen-bond acceptors (Lipinski definition) is 3. The Morgan fingerprint density at radius 2 is 1.96 bits per heavy atom. The predicted molar refractivity (Wildman–Crippen MR) is 89.7 cm³/mol. The van der Waals surface area contributed by atoms with Crippen LogP contribution in [0.15, 0.2) is 54.9 Å². The van der Waals surface area contributed by atoms with Crippen LogP contribution in [-0.2, 0) is 16.8 Å². The molecule has 1 saturated heterocycles. The third kappa shape index (κ3) is 3.96. The zero-order valence-electron chi connectivity index (χ0n) is 12.9. The second kappa shape index (κ2) is 7.21. The molecule has 0 spiro atoms. The molecule has 2 aromatic rings. The molecule has 0 unspecified atom stereocenters. The summed E-state index contributed by atoms with van der Waals surface area (Å²) in [6.45, 7) is 0.850. The van der Waals surface area contributed by atoms with Crippen molar-refractivity contribution in [2.24, 2.45) is 0 Å². The van der Waals surface area contributed by atoms with Crippen molar-refractivity contribution in [1.29, 1.82) is 0 Å². The smallest absolute Gasteiger partial charge is 0.264 e. The van der Waals surface area contributed by atoms with Gasteiger partial charge >= 0.3 is 0 Å². The Kier molecular flexibility index (Phi) is 5.05. The predicted octanol–water partition coefficient (Wildman–Crippen LogP) is 2.64. The molecule has 3 rings (SSSR count). The lowest BCUT2D eigenvalue weighted by Gasteiger charge is -2.34. The summed E-state index contributed by atoms with van der Waals surface area (Å²) < 4.78 is 29.8. The lowest BCUT2D eigenvalue weighted by Crippen LogP contribution is -2.44. The molecule has 1 fully saturated rings. The van der Waals surface area contributed by atoms with Crippen LogP contribution in [0.2, 0.25) is 0 Å². The highest BCUT2D eigenvalue weighted by molar-refractivity contribution is 7.87. The lowest BCUT2D eigenvalue weighted by atomic mass is 9.99. The van der Waals surface area contributed by atoms with Crippen molar-refractivity contribution in [3.05, 3.63) is 66.0 Å². The highest BCUT2D eigenvalue weighted by atomic mass is 32.2. The monoisotopic (exact) mass is 331 g/mol. The van der Waals surface area contributed by atoms with E-state index < -0.39 is 10.2 Å². The molecule has 0 aliphatic carbocycles.